The number of anilines is 1. The lowest BCUT2D eigenvalue weighted by Gasteiger charge is -2.31. The normalized spacial score (nSPS) is 18.1. The zero-order valence-corrected chi connectivity index (χ0v) is 15.2. The van der Waals surface area contributed by atoms with E-state index in [0.29, 0.717) is 25.1 Å². The van der Waals surface area contributed by atoms with Gasteiger partial charge in [-0.3, -0.25) is 4.79 Å². The van der Waals surface area contributed by atoms with Gasteiger partial charge >= 0.3 is 5.97 Å². The highest BCUT2D eigenvalue weighted by molar-refractivity contribution is 5.91. The summed E-state index contributed by atoms with van der Waals surface area (Å²) < 4.78 is 4.95. The van der Waals surface area contributed by atoms with Crippen LogP contribution in [-0.4, -0.2) is 31.6 Å². The largest absolute Gasteiger partial charge is 0.465 e. The van der Waals surface area contributed by atoms with E-state index < -0.39 is 6.04 Å². The molecule has 0 aromatic heterocycles. The topological polar surface area (TPSA) is 83.6 Å². The van der Waals surface area contributed by atoms with E-state index in [-0.39, 0.29) is 18.4 Å². The molecule has 1 aliphatic rings. The maximum Gasteiger partial charge on any atom is 0.365 e. The monoisotopic (exact) mass is 364 g/mol. The van der Waals surface area contributed by atoms with Gasteiger partial charge in [-0.15, -0.1) is 0 Å². The van der Waals surface area contributed by atoms with Gasteiger partial charge < -0.3 is 15.0 Å². The average Bonchev–Trinajstić information content (AvgIpc) is 2.68. The van der Waals surface area contributed by atoms with Gasteiger partial charge in [0.1, 0.15) is 6.54 Å². The molecular weight excluding hydrogens is 342 g/mol. The summed E-state index contributed by atoms with van der Waals surface area (Å²) in [6.07, 6.45) is 0.903. The van der Waals surface area contributed by atoms with Crippen LogP contribution in [0.3, 0.4) is 0 Å². The predicted octanol–water partition coefficient (Wildman–Crippen LogP) is 0.874. The number of benzene rings is 2. The number of rotatable bonds is 5. The lowest BCUT2D eigenvalue weighted by molar-refractivity contribution is -0.924. The maximum atomic E-state index is 12.5. The highest BCUT2D eigenvalue weighted by Gasteiger charge is 2.37. The number of hydrogen-bond donors (Lipinski definition) is 2. The van der Waals surface area contributed by atoms with Crippen LogP contribution in [0, 0.1) is 11.3 Å². The second-order valence-electron chi connectivity index (χ2n) is 6.64. The van der Waals surface area contributed by atoms with Crippen LogP contribution in [-0.2, 0) is 33.7 Å². The molecule has 0 bridgehead atoms. The van der Waals surface area contributed by atoms with Crippen molar-refractivity contribution in [3.63, 3.8) is 0 Å². The molecule has 138 valence electrons. The van der Waals surface area contributed by atoms with Crippen LogP contribution in [0.1, 0.15) is 16.7 Å². The third-order valence-corrected chi connectivity index (χ3v) is 4.85. The first kappa shape index (κ1) is 18.6. The Morgan fingerprint density at radius 1 is 1.19 bits per heavy atom. The molecule has 0 saturated heterocycles. The van der Waals surface area contributed by atoms with Gasteiger partial charge in [0.05, 0.1) is 19.6 Å². The quantitative estimate of drug-likeness (QED) is 0.772. The third kappa shape index (κ3) is 4.52. The molecule has 0 spiro atoms. The molecule has 1 heterocycles. The first-order chi connectivity index (χ1) is 13.1. The standard InChI is InChI=1S/C21H21N3O3/c1-27-21(26)19-12-16-4-2-3-5-17(16)13-24(19)14-20(25)23-18-8-6-15(7-9-18)10-11-22/h2-9,19H,10,12-14H2,1H3,(H,23,25)/p+1/t19-/m0/s1. The summed E-state index contributed by atoms with van der Waals surface area (Å²) in [5.41, 5.74) is 3.86. The van der Waals surface area contributed by atoms with E-state index in [4.69, 9.17) is 10.00 Å². The Morgan fingerprint density at radius 2 is 1.89 bits per heavy atom. The fourth-order valence-corrected chi connectivity index (χ4v) is 3.45. The number of nitriles is 1. The van der Waals surface area contributed by atoms with E-state index in [1.165, 1.54) is 7.11 Å². The van der Waals surface area contributed by atoms with E-state index in [2.05, 4.69) is 11.4 Å². The minimum Gasteiger partial charge on any atom is -0.465 e. The minimum absolute atomic E-state index is 0.161. The van der Waals surface area contributed by atoms with Gasteiger partial charge in [-0.25, -0.2) is 4.79 Å². The first-order valence-corrected chi connectivity index (χ1v) is 8.85. The predicted molar refractivity (Wildman–Crippen MR) is 99.9 cm³/mol. The zero-order valence-electron chi connectivity index (χ0n) is 15.2. The van der Waals surface area contributed by atoms with Crippen molar-refractivity contribution >= 4 is 17.6 Å². The van der Waals surface area contributed by atoms with Crippen LogP contribution in [0.4, 0.5) is 5.69 Å². The number of carbonyl (C=O) groups excluding carboxylic acids is 2. The number of fused-ring (bicyclic) bond motifs is 1. The molecule has 6 nitrogen and oxygen atoms in total. The van der Waals surface area contributed by atoms with Crippen molar-refractivity contribution in [1.82, 2.24) is 0 Å². The Bertz CT molecular complexity index is 871. The van der Waals surface area contributed by atoms with Crippen LogP contribution in [0.5, 0.6) is 0 Å². The number of methoxy groups -OCH3 is 1. The number of hydrogen-bond acceptors (Lipinski definition) is 4. The molecule has 0 aliphatic carbocycles. The van der Waals surface area contributed by atoms with E-state index in [0.717, 1.165) is 21.6 Å². The molecule has 3 rings (SSSR count). The van der Waals surface area contributed by atoms with Crippen molar-refractivity contribution in [3.8, 4) is 6.07 Å². The summed E-state index contributed by atoms with van der Waals surface area (Å²) >= 11 is 0. The number of esters is 1. The Kier molecular flexibility index (Phi) is 5.84. The number of carbonyl (C=O) groups is 2. The molecule has 1 unspecified atom stereocenters. The molecule has 2 aromatic carbocycles. The van der Waals surface area contributed by atoms with Crippen molar-refractivity contribution < 1.29 is 19.2 Å². The summed E-state index contributed by atoms with van der Waals surface area (Å²) in [6.45, 7) is 0.776. The van der Waals surface area contributed by atoms with Crippen molar-refractivity contribution in [1.29, 1.82) is 5.26 Å². The minimum atomic E-state index is -0.395. The van der Waals surface area contributed by atoms with Gasteiger partial charge in [0.25, 0.3) is 5.91 Å². The Hall–Kier alpha value is -3.17. The highest BCUT2D eigenvalue weighted by atomic mass is 16.5. The summed E-state index contributed by atoms with van der Waals surface area (Å²) in [6, 6.07) is 16.9. The molecule has 0 radical (unpaired) electrons. The Balaban J connectivity index is 1.69. The second kappa shape index (κ2) is 8.47. The van der Waals surface area contributed by atoms with Gasteiger partial charge in [-0.2, -0.15) is 5.26 Å². The number of quaternary nitrogens is 1. The van der Waals surface area contributed by atoms with Gasteiger partial charge in [-0.1, -0.05) is 36.4 Å². The van der Waals surface area contributed by atoms with Crippen molar-refractivity contribution in [2.75, 3.05) is 19.0 Å². The molecule has 0 saturated carbocycles. The molecule has 2 atom stereocenters. The highest BCUT2D eigenvalue weighted by Crippen LogP contribution is 2.14. The number of amides is 1. The van der Waals surface area contributed by atoms with E-state index >= 15 is 0 Å². The Labute approximate surface area is 158 Å². The van der Waals surface area contributed by atoms with Crippen LogP contribution < -0.4 is 10.2 Å². The number of ether oxygens (including phenoxy) is 1. The van der Waals surface area contributed by atoms with Crippen molar-refractivity contribution in [2.24, 2.45) is 0 Å². The molecule has 1 aliphatic heterocycles. The van der Waals surface area contributed by atoms with Crippen molar-refractivity contribution in [3.05, 3.63) is 65.2 Å². The Morgan fingerprint density at radius 3 is 2.56 bits per heavy atom. The second-order valence-corrected chi connectivity index (χ2v) is 6.64. The van der Waals surface area contributed by atoms with Gasteiger partial charge in [0.2, 0.25) is 0 Å². The van der Waals surface area contributed by atoms with Gasteiger partial charge in [-0.05, 0) is 23.3 Å². The molecular formula is C21H22N3O3+. The maximum absolute atomic E-state index is 12.5. The average molecular weight is 364 g/mol. The SMILES string of the molecule is COC(=O)[C@@H]1Cc2ccccc2C[NH+]1CC(=O)Nc1ccc(CC#N)cc1. The molecule has 6 heteroatoms. The van der Waals surface area contributed by atoms with Gasteiger partial charge in [0, 0.05) is 17.7 Å². The van der Waals surface area contributed by atoms with E-state index in [1.54, 1.807) is 12.1 Å². The summed E-state index contributed by atoms with van der Waals surface area (Å²) in [7, 11) is 1.38. The summed E-state index contributed by atoms with van der Waals surface area (Å²) in [4.78, 5) is 25.6. The lowest BCUT2D eigenvalue weighted by Crippen LogP contribution is -3.17. The lowest BCUT2D eigenvalue weighted by atomic mass is 9.94. The summed E-state index contributed by atoms with van der Waals surface area (Å²) in [5, 5.41) is 11.6. The van der Waals surface area contributed by atoms with Crippen LogP contribution in [0.15, 0.2) is 48.5 Å². The first-order valence-electron chi connectivity index (χ1n) is 8.85. The van der Waals surface area contributed by atoms with E-state index in [1.807, 2.05) is 36.4 Å². The van der Waals surface area contributed by atoms with Crippen LogP contribution >= 0.6 is 0 Å². The van der Waals surface area contributed by atoms with Crippen LogP contribution in [0.2, 0.25) is 0 Å². The molecule has 27 heavy (non-hydrogen) atoms. The third-order valence-electron chi connectivity index (χ3n) is 4.85. The number of nitrogens with zero attached hydrogens (tertiary/aromatic N) is 1. The zero-order chi connectivity index (χ0) is 19.2. The number of nitrogens with one attached hydrogen (secondary N) is 2. The molecule has 1 amide bonds. The fourth-order valence-electron chi connectivity index (χ4n) is 3.45. The fraction of sp³-hybridized carbons (Fsp3) is 0.286. The van der Waals surface area contributed by atoms with Crippen LogP contribution in [0.25, 0.3) is 0 Å². The molecule has 0 fully saturated rings. The van der Waals surface area contributed by atoms with E-state index in [9.17, 15) is 9.59 Å². The molecule has 2 N–H and O–H groups in total. The smallest absolute Gasteiger partial charge is 0.365 e. The summed E-state index contributed by atoms with van der Waals surface area (Å²) in [5.74, 6) is -0.459. The molecule has 2 aromatic rings. The van der Waals surface area contributed by atoms with Crippen molar-refractivity contribution in [2.45, 2.75) is 25.4 Å². The van der Waals surface area contributed by atoms with Gasteiger partial charge in [0.15, 0.2) is 12.6 Å².